The highest BCUT2D eigenvalue weighted by Crippen LogP contribution is 2.30. The van der Waals surface area contributed by atoms with Gasteiger partial charge in [0.2, 0.25) is 0 Å². The second-order valence-corrected chi connectivity index (χ2v) is 4.79. The summed E-state index contributed by atoms with van der Waals surface area (Å²) in [6.45, 7) is 6.97. The summed E-state index contributed by atoms with van der Waals surface area (Å²) in [5.41, 5.74) is 0.298. The van der Waals surface area contributed by atoms with Gasteiger partial charge in [0.1, 0.15) is 5.82 Å². The lowest BCUT2D eigenvalue weighted by Gasteiger charge is -2.34. The van der Waals surface area contributed by atoms with Gasteiger partial charge >= 0.3 is 0 Å². The van der Waals surface area contributed by atoms with Gasteiger partial charge in [0, 0.05) is 49.9 Å². The summed E-state index contributed by atoms with van der Waals surface area (Å²) in [5, 5.41) is 14.1. The molecule has 0 saturated carbocycles. The van der Waals surface area contributed by atoms with E-state index in [9.17, 15) is 14.5 Å². The maximum atomic E-state index is 14.1. The molecule has 1 heterocycles. The standard InChI is InChI=1S/C14H18FN3O2.2ClH/c1-2-3-14(17-8-6-16-7-9-17)12-10-11(18(19)20)4-5-13(12)15;;/h2,4-5,10,14,16H,1,3,6-9H2;2*1H/t14-;;/m1../s1. The molecule has 0 aliphatic carbocycles. The van der Waals surface area contributed by atoms with Crippen molar-refractivity contribution in [3.05, 3.63) is 52.3 Å². The number of hydrogen-bond acceptors (Lipinski definition) is 4. The number of nitro groups is 1. The minimum atomic E-state index is -0.494. The zero-order valence-corrected chi connectivity index (χ0v) is 13.7. The van der Waals surface area contributed by atoms with E-state index in [0.29, 0.717) is 12.0 Å². The van der Waals surface area contributed by atoms with Crippen LogP contribution in [0, 0.1) is 15.9 Å². The Morgan fingerprint density at radius 1 is 1.41 bits per heavy atom. The largest absolute Gasteiger partial charge is 0.314 e. The highest BCUT2D eigenvalue weighted by Gasteiger charge is 2.25. The number of piperazine rings is 1. The normalized spacial score (nSPS) is 16.0. The van der Waals surface area contributed by atoms with Crippen molar-refractivity contribution >= 4 is 30.5 Å². The number of nitrogens with one attached hydrogen (secondary N) is 1. The first-order chi connectivity index (χ1) is 9.63. The minimum Gasteiger partial charge on any atom is -0.314 e. The summed E-state index contributed by atoms with van der Waals surface area (Å²) in [6, 6.07) is 3.51. The van der Waals surface area contributed by atoms with Gasteiger partial charge in [-0.25, -0.2) is 4.39 Å². The lowest BCUT2D eigenvalue weighted by Crippen LogP contribution is -2.45. The predicted molar refractivity (Wildman–Crippen MR) is 89.5 cm³/mol. The molecule has 5 nitrogen and oxygen atoms in total. The summed E-state index contributed by atoms with van der Waals surface area (Å²) in [7, 11) is 0. The molecule has 0 aromatic heterocycles. The van der Waals surface area contributed by atoms with Crippen LogP contribution in [0.25, 0.3) is 0 Å². The zero-order valence-electron chi connectivity index (χ0n) is 12.0. The summed E-state index contributed by atoms with van der Waals surface area (Å²) in [6.07, 6.45) is 2.29. The molecular formula is C14H20Cl2FN3O2. The average molecular weight is 352 g/mol. The van der Waals surface area contributed by atoms with Crippen molar-refractivity contribution in [1.29, 1.82) is 0 Å². The highest BCUT2D eigenvalue weighted by molar-refractivity contribution is 5.85. The second kappa shape index (κ2) is 9.74. The van der Waals surface area contributed by atoms with Gasteiger partial charge in [-0.2, -0.15) is 0 Å². The number of hydrogen-bond donors (Lipinski definition) is 1. The number of nitrogens with zero attached hydrogens (tertiary/aromatic N) is 2. The predicted octanol–water partition coefficient (Wildman–Crippen LogP) is 3.10. The van der Waals surface area contributed by atoms with E-state index in [1.54, 1.807) is 6.08 Å². The first-order valence-corrected chi connectivity index (χ1v) is 6.63. The van der Waals surface area contributed by atoms with E-state index in [2.05, 4.69) is 16.8 Å². The Bertz CT molecular complexity index is 511. The average Bonchev–Trinajstić information content (AvgIpc) is 2.46. The molecule has 0 spiro atoms. The Balaban J connectivity index is 0.00000220. The third kappa shape index (κ3) is 4.91. The van der Waals surface area contributed by atoms with Crippen molar-refractivity contribution in [2.24, 2.45) is 0 Å². The van der Waals surface area contributed by atoms with Gasteiger partial charge in [0.25, 0.3) is 5.69 Å². The number of nitro benzene ring substituents is 1. The van der Waals surface area contributed by atoms with Crippen molar-refractivity contribution in [3.63, 3.8) is 0 Å². The van der Waals surface area contributed by atoms with E-state index < -0.39 is 10.7 Å². The van der Waals surface area contributed by atoms with E-state index >= 15 is 0 Å². The molecule has 1 N–H and O–H groups in total. The van der Waals surface area contributed by atoms with Gasteiger partial charge in [-0.15, -0.1) is 31.4 Å². The van der Waals surface area contributed by atoms with Crippen LogP contribution < -0.4 is 5.32 Å². The van der Waals surface area contributed by atoms with Gasteiger partial charge in [0.15, 0.2) is 0 Å². The fourth-order valence-corrected chi connectivity index (χ4v) is 2.52. The molecule has 1 aromatic carbocycles. The molecule has 124 valence electrons. The van der Waals surface area contributed by atoms with Crippen LogP contribution in [0.2, 0.25) is 0 Å². The topological polar surface area (TPSA) is 58.4 Å². The fraction of sp³-hybridized carbons (Fsp3) is 0.429. The Hall–Kier alpha value is -1.21. The van der Waals surface area contributed by atoms with Crippen LogP contribution in [0.5, 0.6) is 0 Å². The van der Waals surface area contributed by atoms with E-state index in [1.807, 2.05) is 0 Å². The monoisotopic (exact) mass is 351 g/mol. The molecule has 2 rings (SSSR count). The Morgan fingerprint density at radius 3 is 2.59 bits per heavy atom. The molecule has 1 aliphatic heterocycles. The van der Waals surface area contributed by atoms with Crippen molar-refractivity contribution < 1.29 is 9.31 Å². The number of halogens is 3. The molecule has 0 amide bonds. The maximum absolute atomic E-state index is 14.1. The molecule has 0 bridgehead atoms. The molecule has 8 heteroatoms. The zero-order chi connectivity index (χ0) is 14.5. The molecular weight excluding hydrogens is 332 g/mol. The van der Waals surface area contributed by atoms with Crippen LogP contribution in [0.15, 0.2) is 30.9 Å². The first-order valence-electron chi connectivity index (χ1n) is 6.63. The van der Waals surface area contributed by atoms with Crippen molar-refractivity contribution in [3.8, 4) is 0 Å². The Labute approximate surface area is 141 Å². The fourth-order valence-electron chi connectivity index (χ4n) is 2.52. The van der Waals surface area contributed by atoms with Crippen molar-refractivity contribution in [2.45, 2.75) is 12.5 Å². The molecule has 1 aromatic rings. The molecule has 0 unspecified atom stereocenters. The molecule has 22 heavy (non-hydrogen) atoms. The number of rotatable bonds is 5. The van der Waals surface area contributed by atoms with Crippen LogP contribution in [-0.4, -0.2) is 36.0 Å². The second-order valence-electron chi connectivity index (χ2n) is 4.79. The SMILES string of the molecule is C=CC[C@H](c1cc([N+](=O)[O-])ccc1F)N1CCNCC1.Cl.Cl. The van der Waals surface area contributed by atoms with Crippen molar-refractivity contribution in [2.75, 3.05) is 26.2 Å². The lowest BCUT2D eigenvalue weighted by atomic mass is 10.00. The van der Waals surface area contributed by atoms with Crippen LogP contribution in [0.1, 0.15) is 18.0 Å². The van der Waals surface area contributed by atoms with E-state index in [4.69, 9.17) is 0 Å². The summed E-state index contributed by atoms with van der Waals surface area (Å²) in [5.74, 6) is -0.402. The molecule has 1 atom stereocenters. The van der Waals surface area contributed by atoms with Gasteiger partial charge in [0.05, 0.1) is 4.92 Å². The number of non-ortho nitro benzene ring substituents is 1. The molecule has 1 fully saturated rings. The Morgan fingerprint density at radius 2 is 2.05 bits per heavy atom. The Kier molecular flexibility index (Phi) is 9.20. The van der Waals surface area contributed by atoms with Crippen LogP contribution in [-0.2, 0) is 0 Å². The lowest BCUT2D eigenvalue weighted by molar-refractivity contribution is -0.385. The molecule has 1 aliphatic rings. The third-order valence-corrected chi connectivity index (χ3v) is 3.53. The third-order valence-electron chi connectivity index (χ3n) is 3.53. The van der Waals surface area contributed by atoms with Crippen molar-refractivity contribution in [1.82, 2.24) is 10.2 Å². The van der Waals surface area contributed by atoms with Gasteiger partial charge in [-0.3, -0.25) is 15.0 Å². The van der Waals surface area contributed by atoms with E-state index in [0.717, 1.165) is 26.2 Å². The van der Waals surface area contributed by atoms with Gasteiger partial charge in [-0.05, 0) is 12.5 Å². The van der Waals surface area contributed by atoms with Gasteiger partial charge in [-0.1, -0.05) is 6.08 Å². The molecule has 0 radical (unpaired) electrons. The quantitative estimate of drug-likeness (QED) is 0.503. The minimum absolute atomic E-state index is 0. The first kappa shape index (κ1) is 20.8. The summed E-state index contributed by atoms with van der Waals surface area (Å²) >= 11 is 0. The highest BCUT2D eigenvalue weighted by atomic mass is 35.5. The van der Waals surface area contributed by atoms with Crippen LogP contribution >= 0.6 is 24.8 Å². The van der Waals surface area contributed by atoms with Crippen LogP contribution in [0.3, 0.4) is 0 Å². The molecule has 1 saturated heterocycles. The van der Waals surface area contributed by atoms with E-state index in [1.165, 1.54) is 18.2 Å². The maximum Gasteiger partial charge on any atom is 0.269 e. The number of benzene rings is 1. The summed E-state index contributed by atoms with van der Waals surface area (Å²) in [4.78, 5) is 12.5. The van der Waals surface area contributed by atoms with Crippen LogP contribution in [0.4, 0.5) is 10.1 Å². The smallest absolute Gasteiger partial charge is 0.269 e. The van der Waals surface area contributed by atoms with E-state index in [-0.39, 0.29) is 36.5 Å². The summed E-state index contributed by atoms with van der Waals surface area (Å²) < 4.78 is 14.1. The van der Waals surface area contributed by atoms with Gasteiger partial charge < -0.3 is 5.32 Å².